The third-order valence-corrected chi connectivity index (χ3v) is 5.77. The molecule has 0 bridgehead atoms. The number of benzene rings is 1. The van der Waals surface area contributed by atoms with Gasteiger partial charge in [0.15, 0.2) is 5.82 Å². The van der Waals surface area contributed by atoms with Gasteiger partial charge in [-0.2, -0.15) is 23.4 Å². The number of aliphatic hydroxyl groups excluding tert-OH is 1. The van der Waals surface area contributed by atoms with Gasteiger partial charge in [-0.3, -0.25) is 9.25 Å². The van der Waals surface area contributed by atoms with Gasteiger partial charge in [0.1, 0.15) is 18.7 Å². The minimum absolute atomic E-state index is 0.358. The Morgan fingerprint density at radius 3 is 2.57 bits per heavy atom. The third-order valence-electron chi connectivity index (χ3n) is 5.77. The third kappa shape index (κ3) is 5.14. The SMILES string of the molecule is Cc1ccc(Nc2ccc3c(c2)ncn3-c2ccc([C@@H](C)O)c(-c3cn(CC(F)(F)F)nc3C)n2)nn1. The Kier molecular flexibility index (Phi) is 6.12. The fourth-order valence-corrected chi connectivity index (χ4v) is 4.05. The number of imidazole rings is 1. The minimum atomic E-state index is -4.41. The van der Waals surface area contributed by atoms with Crippen LogP contribution in [-0.2, 0) is 6.54 Å². The fourth-order valence-electron chi connectivity index (χ4n) is 4.05. The van der Waals surface area contributed by atoms with Gasteiger partial charge in [0.05, 0.1) is 34.2 Å². The molecule has 4 aromatic heterocycles. The number of aryl methyl sites for hydroxylation is 2. The number of aromatic nitrogens is 7. The van der Waals surface area contributed by atoms with Gasteiger partial charge in [-0.15, -0.1) is 5.10 Å². The number of nitrogens with zero attached hydrogens (tertiary/aromatic N) is 7. The van der Waals surface area contributed by atoms with Crippen LogP contribution in [0.4, 0.5) is 24.7 Å². The smallest absolute Gasteiger partial charge is 0.389 e. The molecule has 190 valence electrons. The summed E-state index contributed by atoms with van der Waals surface area (Å²) < 4.78 is 41.4. The molecule has 0 aliphatic rings. The van der Waals surface area contributed by atoms with Crippen molar-refractivity contribution in [2.75, 3.05) is 5.32 Å². The predicted molar refractivity (Wildman–Crippen MR) is 132 cm³/mol. The van der Waals surface area contributed by atoms with Crippen LogP contribution in [-0.4, -0.2) is 45.8 Å². The zero-order valence-electron chi connectivity index (χ0n) is 20.2. The molecular weight excluding hydrogens is 485 g/mol. The van der Waals surface area contributed by atoms with E-state index in [4.69, 9.17) is 4.98 Å². The summed E-state index contributed by atoms with van der Waals surface area (Å²) in [6.45, 7) is 3.84. The van der Waals surface area contributed by atoms with Crippen LogP contribution in [0.15, 0.2) is 55.0 Å². The molecule has 0 radical (unpaired) electrons. The molecule has 0 aliphatic heterocycles. The lowest BCUT2D eigenvalue weighted by molar-refractivity contribution is -0.142. The Hall–Kier alpha value is -4.32. The van der Waals surface area contributed by atoms with Crippen LogP contribution >= 0.6 is 0 Å². The van der Waals surface area contributed by atoms with Gasteiger partial charge < -0.3 is 10.4 Å². The lowest BCUT2D eigenvalue weighted by Crippen LogP contribution is -2.17. The molecule has 37 heavy (non-hydrogen) atoms. The summed E-state index contributed by atoms with van der Waals surface area (Å²) in [5.74, 6) is 1.10. The summed E-state index contributed by atoms with van der Waals surface area (Å²) in [6, 6.07) is 12.7. The molecule has 0 saturated heterocycles. The van der Waals surface area contributed by atoms with E-state index in [9.17, 15) is 18.3 Å². The van der Waals surface area contributed by atoms with E-state index in [1.165, 1.54) is 6.20 Å². The maximum atomic E-state index is 12.9. The molecule has 2 N–H and O–H groups in total. The molecule has 1 aromatic carbocycles. The Labute approximate surface area is 209 Å². The second-order valence-electron chi connectivity index (χ2n) is 8.73. The second-order valence-corrected chi connectivity index (χ2v) is 8.73. The Balaban J connectivity index is 1.52. The van der Waals surface area contributed by atoms with Crippen molar-refractivity contribution in [3.8, 4) is 17.1 Å². The van der Waals surface area contributed by atoms with E-state index in [1.807, 2.05) is 37.3 Å². The van der Waals surface area contributed by atoms with E-state index in [1.54, 1.807) is 36.9 Å². The Morgan fingerprint density at radius 1 is 1.05 bits per heavy atom. The van der Waals surface area contributed by atoms with E-state index in [0.29, 0.717) is 39.7 Å². The lowest BCUT2D eigenvalue weighted by atomic mass is 10.0. The first-order valence-corrected chi connectivity index (χ1v) is 11.4. The van der Waals surface area contributed by atoms with Crippen molar-refractivity contribution in [1.29, 1.82) is 0 Å². The van der Waals surface area contributed by atoms with Gasteiger partial charge in [0, 0.05) is 23.0 Å². The zero-order chi connectivity index (χ0) is 26.3. The molecule has 5 aromatic rings. The first kappa shape index (κ1) is 24.4. The van der Waals surface area contributed by atoms with E-state index >= 15 is 0 Å². The monoisotopic (exact) mass is 508 g/mol. The molecule has 5 rings (SSSR count). The number of anilines is 2. The number of nitrogens with one attached hydrogen (secondary N) is 1. The van der Waals surface area contributed by atoms with Crippen LogP contribution < -0.4 is 5.32 Å². The first-order chi connectivity index (χ1) is 17.6. The second kappa shape index (κ2) is 9.28. The molecule has 0 aliphatic carbocycles. The fraction of sp³-hybridized carbons (Fsp3) is 0.240. The Bertz CT molecular complexity index is 1570. The van der Waals surface area contributed by atoms with Crippen LogP contribution in [0.2, 0.25) is 0 Å². The largest absolute Gasteiger partial charge is 0.408 e. The number of halogens is 3. The van der Waals surface area contributed by atoms with E-state index < -0.39 is 18.8 Å². The van der Waals surface area contributed by atoms with Crippen molar-refractivity contribution in [1.82, 2.24) is 34.5 Å². The van der Waals surface area contributed by atoms with Crippen molar-refractivity contribution in [2.45, 2.75) is 39.6 Å². The molecule has 0 fully saturated rings. The summed E-state index contributed by atoms with van der Waals surface area (Å²) >= 11 is 0. The van der Waals surface area contributed by atoms with Gasteiger partial charge in [0.2, 0.25) is 0 Å². The topological polar surface area (TPSA) is 107 Å². The van der Waals surface area contributed by atoms with Crippen LogP contribution in [0.25, 0.3) is 28.1 Å². The first-order valence-electron chi connectivity index (χ1n) is 11.4. The van der Waals surface area contributed by atoms with Crippen molar-refractivity contribution in [3.05, 3.63) is 71.9 Å². The normalized spacial score (nSPS) is 12.7. The maximum Gasteiger partial charge on any atom is 0.408 e. The number of alkyl halides is 3. The highest BCUT2D eigenvalue weighted by Gasteiger charge is 2.29. The number of fused-ring (bicyclic) bond motifs is 1. The number of aliphatic hydroxyl groups is 1. The quantitative estimate of drug-likeness (QED) is 0.331. The van der Waals surface area contributed by atoms with E-state index in [0.717, 1.165) is 21.6 Å². The molecular formula is C25H23F3N8O. The van der Waals surface area contributed by atoms with Crippen LogP contribution in [0.3, 0.4) is 0 Å². The molecule has 4 heterocycles. The van der Waals surface area contributed by atoms with E-state index in [2.05, 4.69) is 25.6 Å². The van der Waals surface area contributed by atoms with Gasteiger partial charge in [-0.25, -0.2) is 9.97 Å². The number of rotatable bonds is 6. The maximum absolute atomic E-state index is 12.9. The molecule has 1 atom stereocenters. The van der Waals surface area contributed by atoms with Crippen molar-refractivity contribution >= 4 is 22.5 Å². The molecule has 0 spiro atoms. The molecule has 0 saturated carbocycles. The predicted octanol–water partition coefficient (Wildman–Crippen LogP) is 5.05. The number of hydrogen-bond donors (Lipinski definition) is 2. The zero-order valence-corrected chi connectivity index (χ0v) is 20.2. The summed E-state index contributed by atoms with van der Waals surface area (Å²) in [4.78, 5) is 9.21. The average molecular weight is 509 g/mol. The van der Waals surface area contributed by atoms with Crippen LogP contribution in [0.1, 0.15) is 30.0 Å². The van der Waals surface area contributed by atoms with Crippen LogP contribution in [0, 0.1) is 13.8 Å². The van der Waals surface area contributed by atoms with Crippen molar-refractivity contribution < 1.29 is 18.3 Å². The molecule has 0 amide bonds. The Morgan fingerprint density at radius 2 is 1.86 bits per heavy atom. The van der Waals surface area contributed by atoms with Crippen molar-refractivity contribution in [2.24, 2.45) is 0 Å². The summed E-state index contributed by atoms with van der Waals surface area (Å²) in [5, 5.41) is 25.7. The molecule has 9 nitrogen and oxygen atoms in total. The average Bonchev–Trinajstić information content (AvgIpc) is 3.41. The van der Waals surface area contributed by atoms with E-state index in [-0.39, 0.29) is 0 Å². The lowest BCUT2D eigenvalue weighted by Gasteiger charge is -2.13. The highest BCUT2D eigenvalue weighted by atomic mass is 19.4. The summed E-state index contributed by atoms with van der Waals surface area (Å²) in [5.41, 5.74) is 4.69. The highest BCUT2D eigenvalue weighted by Crippen LogP contribution is 2.31. The van der Waals surface area contributed by atoms with Gasteiger partial charge in [0.25, 0.3) is 0 Å². The summed E-state index contributed by atoms with van der Waals surface area (Å²) in [6.07, 6.45) is -2.37. The minimum Gasteiger partial charge on any atom is -0.389 e. The van der Waals surface area contributed by atoms with Gasteiger partial charge in [-0.1, -0.05) is 6.07 Å². The molecule has 12 heteroatoms. The highest BCUT2D eigenvalue weighted by molar-refractivity contribution is 5.82. The van der Waals surface area contributed by atoms with Crippen LogP contribution in [0.5, 0.6) is 0 Å². The summed E-state index contributed by atoms with van der Waals surface area (Å²) in [7, 11) is 0. The van der Waals surface area contributed by atoms with Gasteiger partial charge >= 0.3 is 6.18 Å². The number of pyridine rings is 1. The van der Waals surface area contributed by atoms with Crippen molar-refractivity contribution in [3.63, 3.8) is 0 Å². The molecule has 0 unspecified atom stereocenters. The number of hydrogen-bond acceptors (Lipinski definition) is 7. The van der Waals surface area contributed by atoms with Gasteiger partial charge in [-0.05, 0) is 57.2 Å². The standard InChI is InChI=1S/C25H23F3N8O/c1-14-4-8-22(33-32-14)30-17-5-7-21-20(10-17)29-13-36(21)23-9-6-18(16(3)37)24(31-23)19-11-35(34-15(19)2)12-25(26,27)28/h4-11,13,16,37H,12H2,1-3H3,(H,30,33)/t16-/m1/s1.